The number of aromatic nitrogens is 2. The minimum Gasteiger partial charge on any atom is -0.383 e. The van der Waals surface area contributed by atoms with Crippen molar-refractivity contribution < 1.29 is 13.9 Å². The Hall–Kier alpha value is -3.23. The Balaban J connectivity index is 1.52. The van der Waals surface area contributed by atoms with E-state index in [4.69, 9.17) is 9.84 Å². The summed E-state index contributed by atoms with van der Waals surface area (Å²) in [7, 11) is 1.68. The lowest BCUT2D eigenvalue weighted by Crippen LogP contribution is -2.42. The summed E-state index contributed by atoms with van der Waals surface area (Å²) in [5, 5.41) is 10.8. The number of para-hydroxylation sites is 1. The summed E-state index contributed by atoms with van der Waals surface area (Å²) in [6.07, 6.45) is 0. The van der Waals surface area contributed by atoms with Crippen LogP contribution < -0.4 is 10.6 Å². The van der Waals surface area contributed by atoms with E-state index in [0.717, 1.165) is 30.0 Å². The fourth-order valence-electron chi connectivity index (χ4n) is 4.34. The number of hydrogen-bond acceptors (Lipinski definition) is 4. The molecule has 0 bridgehead atoms. The average molecular weight is 466 g/mol. The van der Waals surface area contributed by atoms with E-state index in [9.17, 15) is 9.18 Å². The Morgan fingerprint density at radius 2 is 1.88 bits per heavy atom. The number of urea groups is 1. The van der Waals surface area contributed by atoms with Crippen LogP contribution in [0.2, 0.25) is 0 Å². The molecule has 2 aromatic carbocycles. The molecule has 0 saturated carbocycles. The number of ether oxygens (including phenoxy) is 1. The third-order valence-electron chi connectivity index (χ3n) is 6.18. The number of nitrogens with one attached hydrogen (secondary N) is 2. The molecule has 180 valence electrons. The number of rotatable bonds is 8. The lowest BCUT2D eigenvalue weighted by atomic mass is 9.94. The topological polar surface area (TPSA) is 71.4 Å². The summed E-state index contributed by atoms with van der Waals surface area (Å²) in [5.41, 5.74) is 2.78. The van der Waals surface area contributed by atoms with Gasteiger partial charge in [-0.1, -0.05) is 44.2 Å². The summed E-state index contributed by atoms with van der Waals surface area (Å²) >= 11 is 0. The van der Waals surface area contributed by atoms with Crippen molar-refractivity contribution in [3.05, 3.63) is 77.7 Å². The first-order valence-electron chi connectivity index (χ1n) is 11.6. The van der Waals surface area contributed by atoms with Crippen molar-refractivity contribution in [1.82, 2.24) is 20.0 Å². The van der Waals surface area contributed by atoms with Crippen LogP contribution in [0.3, 0.4) is 0 Å². The monoisotopic (exact) mass is 465 g/mol. The second kappa shape index (κ2) is 10.8. The van der Waals surface area contributed by atoms with Gasteiger partial charge in [-0.2, -0.15) is 5.10 Å². The quantitative estimate of drug-likeness (QED) is 0.518. The third-order valence-corrected chi connectivity index (χ3v) is 6.18. The van der Waals surface area contributed by atoms with Gasteiger partial charge in [-0.15, -0.1) is 0 Å². The maximum Gasteiger partial charge on any atom is 0.320 e. The van der Waals surface area contributed by atoms with Crippen LogP contribution in [0.25, 0.3) is 5.69 Å². The Morgan fingerprint density at radius 3 is 2.56 bits per heavy atom. The minimum atomic E-state index is -0.293. The van der Waals surface area contributed by atoms with Gasteiger partial charge < -0.3 is 10.1 Å². The molecule has 1 unspecified atom stereocenters. The van der Waals surface area contributed by atoms with Gasteiger partial charge in [0.25, 0.3) is 0 Å². The summed E-state index contributed by atoms with van der Waals surface area (Å²) in [6.45, 7) is 6.98. The van der Waals surface area contributed by atoms with E-state index in [2.05, 4.69) is 29.4 Å². The van der Waals surface area contributed by atoms with Crippen molar-refractivity contribution in [2.24, 2.45) is 0 Å². The molecule has 1 aromatic heterocycles. The van der Waals surface area contributed by atoms with Crippen molar-refractivity contribution in [3.63, 3.8) is 0 Å². The Morgan fingerprint density at radius 1 is 1.15 bits per heavy atom. The molecular formula is C26H32FN5O2. The lowest BCUT2D eigenvalue weighted by molar-refractivity contribution is 0.159. The van der Waals surface area contributed by atoms with Crippen LogP contribution in [0, 0.1) is 5.82 Å². The second-order valence-electron chi connectivity index (χ2n) is 8.97. The summed E-state index contributed by atoms with van der Waals surface area (Å²) in [6, 6.07) is 17.8. The molecule has 2 atom stereocenters. The van der Waals surface area contributed by atoms with Gasteiger partial charge in [-0.05, 0) is 35.7 Å². The predicted octanol–water partition coefficient (Wildman–Crippen LogP) is 4.37. The van der Waals surface area contributed by atoms with Gasteiger partial charge in [0.05, 0.1) is 24.0 Å². The number of benzene rings is 2. The van der Waals surface area contributed by atoms with E-state index >= 15 is 0 Å². The van der Waals surface area contributed by atoms with Crippen LogP contribution in [0.15, 0.2) is 60.7 Å². The maximum absolute atomic E-state index is 13.5. The molecule has 0 radical (unpaired) electrons. The average Bonchev–Trinajstić information content (AvgIpc) is 3.43. The Kier molecular flexibility index (Phi) is 7.59. The molecule has 1 fully saturated rings. The lowest BCUT2D eigenvalue weighted by Gasteiger charge is -2.21. The highest BCUT2D eigenvalue weighted by Crippen LogP contribution is 2.28. The molecule has 1 aliphatic rings. The van der Waals surface area contributed by atoms with E-state index in [1.54, 1.807) is 23.9 Å². The molecule has 3 aromatic rings. The SMILES string of the molecule is COCCN1CC(NC(=O)Nc2cc(C(C)C)nn2-c2ccccc2)[C@H](c2ccc(F)cc2)C1. The van der Waals surface area contributed by atoms with Crippen LogP contribution in [-0.4, -0.2) is 60.1 Å². The van der Waals surface area contributed by atoms with Crippen LogP contribution in [0.1, 0.15) is 36.9 Å². The van der Waals surface area contributed by atoms with E-state index < -0.39 is 0 Å². The fourth-order valence-corrected chi connectivity index (χ4v) is 4.34. The van der Waals surface area contributed by atoms with E-state index in [0.29, 0.717) is 19.0 Å². The standard InChI is InChI=1S/C26H32FN5O2/c1-18(2)23-15-25(32(30-23)21-7-5-4-6-8-21)29-26(33)28-24-17-31(13-14-34-3)16-22(24)19-9-11-20(27)12-10-19/h4-12,15,18,22,24H,13-14,16-17H2,1-3H3,(H2,28,29,33)/t22-,24?/m0/s1. The van der Waals surface area contributed by atoms with Gasteiger partial charge in [-0.25, -0.2) is 13.9 Å². The first-order chi connectivity index (χ1) is 16.4. The molecule has 0 aliphatic carbocycles. The number of carbonyl (C=O) groups excluding carboxylic acids is 1. The zero-order valence-electron chi connectivity index (χ0n) is 19.9. The molecule has 7 nitrogen and oxygen atoms in total. The molecular weight excluding hydrogens is 433 g/mol. The zero-order valence-corrected chi connectivity index (χ0v) is 19.9. The van der Waals surface area contributed by atoms with Gasteiger partial charge in [0, 0.05) is 38.7 Å². The Bertz CT molecular complexity index is 1080. The number of nitrogens with zero attached hydrogens (tertiary/aromatic N) is 3. The van der Waals surface area contributed by atoms with Crippen LogP contribution in [0.5, 0.6) is 0 Å². The number of amides is 2. The second-order valence-corrected chi connectivity index (χ2v) is 8.97. The first kappa shape index (κ1) is 23.9. The van der Waals surface area contributed by atoms with Crippen molar-refractivity contribution in [2.75, 3.05) is 38.7 Å². The molecule has 0 spiro atoms. The molecule has 8 heteroatoms. The smallest absolute Gasteiger partial charge is 0.320 e. The van der Waals surface area contributed by atoms with Gasteiger partial charge in [0.2, 0.25) is 0 Å². The van der Waals surface area contributed by atoms with Crippen LogP contribution >= 0.6 is 0 Å². The van der Waals surface area contributed by atoms with Gasteiger partial charge in [-0.3, -0.25) is 10.2 Å². The highest BCUT2D eigenvalue weighted by molar-refractivity contribution is 5.89. The molecule has 1 aliphatic heterocycles. The number of carbonyl (C=O) groups is 1. The zero-order chi connectivity index (χ0) is 24.1. The third kappa shape index (κ3) is 5.63. The number of methoxy groups -OCH3 is 1. The summed E-state index contributed by atoms with van der Waals surface area (Å²) in [4.78, 5) is 15.4. The Labute approximate surface area is 199 Å². The first-order valence-corrected chi connectivity index (χ1v) is 11.6. The fraction of sp³-hybridized carbons (Fsp3) is 0.385. The van der Waals surface area contributed by atoms with Crippen molar-refractivity contribution in [1.29, 1.82) is 0 Å². The normalized spacial score (nSPS) is 18.4. The minimum absolute atomic E-state index is 0.0495. The van der Waals surface area contributed by atoms with Crippen molar-refractivity contribution in [2.45, 2.75) is 31.7 Å². The van der Waals surface area contributed by atoms with Crippen LogP contribution in [-0.2, 0) is 4.74 Å². The molecule has 4 rings (SSSR count). The molecule has 2 N–H and O–H groups in total. The number of likely N-dealkylation sites (tertiary alicyclic amines) is 1. The van der Waals surface area contributed by atoms with E-state index in [1.165, 1.54) is 12.1 Å². The highest BCUT2D eigenvalue weighted by atomic mass is 19.1. The van der Waals surface area contributed by atoms with Crippen molar-refractivity contribution >= 4 is 11.8 Å². The number of hydrogen-bond donors (Lipinski definition) is 2. The maximum atomic E-state index is 13.5. The molecule has 2 amide bonds. The van der Waals surface area contributed by atoms with Crippen molar-refractivity contribution in [3.8, 4) is 5.69 Å². The van der Waals surface area contributed by atoms with Gasteiger partial charge >= 0.3 is 6.03 Å². The summed E-state index contributed by atoms with van der Waals surface area (Å²) < 4.78 is 20.5. The largest absolute Gasteiger partial charge is 0.383 e. The predicted molar refractivity (Wildman–Crippen MR) is 131 cm³/mol. The number of halogens is 1. The van der Waals surface area contributed by atoms with Gasteiger partial charge in [0.15, 0.2) is 0 Å². The van der Waals surface area contributed by atoms with E-state index in [-0.39, 0.29) is 29.7 Å². The van der Waals surface area contributed by atoms with Crippen LogP contribution in [0.4, 0.5) is 15.0 Å². The van der Waals surface area contributed by atoms with E-state index in [1.807, 2.05) is 36.4 Å². The molecule has 2 heterocycles. The highest BCUT2D eigenvalue weighted by Gasteiger charge is 2.34. The molecule has 34 heavy (non-hydrogen) atoms. The van der Waals surface area contributed by atoms with Gasteiger partial charge in [0.1, 0.15) is 11.6 Å². The number of anilines is 1. The summed E-state index contributed by atoms with van der Waals surface area (Å²) in [5.74, 6) is 0.615. The molecule has 1 saturated heterocycles.